The molecule has 3 rings (SSSR count). The molecule has 2 atom stereocenters. The number of amides is 2. The van der Waals surface area contributed by atoms with Gasteiger partial charge in [0.1, 0.15) is 6.04 Å². The van der Waals surface area contributed by atoms with E-state index in [0.717, 1.165) is 45.3 Å². The van der Waals surface area contributed by atoms with Crippen LogP contribution in [0.2, 0.25) is 0 Å². The molecule has 0 saturated carbocycles. The van der Waals surface area contributed by atoms with Crippen molar-refractivity contribution in [3.05, 3.63) is 0 Å². The number of carbonyl (C=O) groups excluding carboxylic acids is 2. The highest BCUT2D eigenvalue weighted by atomic mass is 16.2. The van der Waals surface area contributed by atoms with Gasteiger partial charge in [0.25, 0.3) is 0 Å². The lowest BCUT2D eigenvalue weighted by Gasteiger charge is -2.47. The molecule has 3 saturated heterocycles. The lowest BCUT2D eigenvalue weighted by atomic mass is 9.71. The van der Waals surface area contributed by atoms with Crippen molar-refractivity contribution < 1.29 is 9.59 Å². The highest BCUT2D eigenvalue weighted by Crippen LogP contribution is 2.41. The number of likely N-dealkylation sites (tertiary alicyclic amines) is 2. The van der Waals surface area contributed by atoms with Crippen LogP contribution in [0.15, 0.2) is 0 Å². The molecule has 1 unspecified atom stereocenters. The molecule has 0 aromatic carbocycles. The molecule has 172 valence electrons. The third-order valence-corrected chi connectivity index (χ3v) is 7.57. The second kappa shape index (κ2) is 9.99. The summed E-state index contributed by atoms with van der Waals surface area (Å²) >= 11 is 0. The first-order valence-corrected chi connectivity index (χ1v) is 12.2. The molecular weight excluding hydrogens is 376 g/mol. The van der Waals surface area contributed by atoms with Gasteiger partial charge in [-0.25, -0.2) is 0 Å². The topological polar surface area (TPSA) is 55.9 Å². The fourth-order valence-corrected chi connectivity index (χ4v) is 5.53. The van der Waals surface area contributed by atoms with Crippen LogP contribution in [0.4, 0.5) is 0 Å². The minimum absolute atomic E-state index is 0.123. The first-order chi connectivity index (χ1) is 14.2. The zero-order valence-corrected chi connectivity index (χ0v) is 20.0. The van der Waals surface area contributed by atoms with E-state index in [9.17, 15) is 9.59 Å². The summed E-state index contributed by atoms with van der Waals surface area (Å²) in [6.07, 6.45) is 6.34. The van der Waals surface area contributed by atoms with Gasteiger partial charge >= 0.3 is 0 Å². The Hall–Kier alpha value is -1.14. The Morgan fingerprint density at radius 3 is 2.17 bits per heavy atom. The lowest BCUT2D eigenvalue weighted by Crippen LogP contribution is -2.62. The van der Waals surface area contributed by atoms with E-state index in [1.807, 2.05) is 4.90 Å². The van der Waals surface area contributed by atoms with Crippen LogP contribution in [0.3, 0.4) is 0 Å². The van der Waals surface area contributed by atoms with Crippen LogP contribution < -0.4 is 5.32 Å². The van der Waals surface area contributed by atoms with Crippen molar-refractivity contribution in [3.63, 3.8) is 0 Å². The Labute approximate surface area is 183 Å². The molecule has 1 spiro atoms. The molecule has 0 aliphatic carbocycles. The molecule has 3 heterocycles. The van der Waals surface area contributed by atoms with Gasteiger partial charge in [0.05, 0.1) is 6.04 Å². The SMILES string of the molecule is CC(C)CC(C(=O)N1CCC2(CCN(C)CC2)CC1)N1CCN[C@@H](CC(C)C)C1=O. The van der Waals surface area contributed by atoms with Gasteiger partial charge in [-0.1, -0.05) is 27.7 Å². The molecule has 3 aliphatic heterocycles. The number of piperidine rings is 2. The average molecular weight is 421 g/mol. The molecule has 3 fully saturated rings. The van der Waals surface area contributed by atoms with Gasteiger partial charge in [-0.05, 0) is 75.9 Å². The van der Waals surface area contributed by atoms with E-state index in [1.54, 1.807) is 0 Å². The number of hydrogen-bond donors (Lipinski definition) is 1. The van der Waals surface area contributed by atoms with Gasteiger partial charge in [0, 0.05) is 26.2 Å². The van der Waals surface area contributed by atoms with Crippen LogP contribution in [0.1, 0.15) is 66.2 Å². The van der Waals surface area contributed by atoms with E-state index in [2.05, 4.69) is 49.9 Å². The number of nitrogens with one attached hydrogen (secondary N) is 1. The fraction of sp³-hybridized carbons (Fsp3) is 0.917. The number of piperazine rings is 1. The van der Waals surface area contributed by atoms with E-state index in [-0.39, 0.29) is 23.9 Å². The van der Waals surface area contributed by atoms with Crippen LogP contribution in [-0.2, 0) is 9.59 Å². The van der Waals surface area contributed by atoms with E-state index in [4.69, 9.17) is 0 Å². The Bertz CT molecular complexity index is 588. The minimum Gasteiger partial charge on any atom is -0.341 e. The van der Waals surface area contributed by atoms with Crippen LogP contribution in [0.5, 0.6) is 0 Å². The Balaban J connectivity index is 1.66. The molecule has 0 aromatic heterocycles. The summed E-state index contributed by atoms with van der Waals surface area (Å²) in [6.45, 7) is 14.1. The van der Waals surface area contributed by atoms with Gasteiger partial charge in [-0.2, -0.15) is 0 Å². The van der Waals surface area contributed by atoms with Crippen molar-refractivity contribution in [1.29, 1.82) is 0 Å². The first kappa shape index (κ1) is 23.5. The number of hydrogen-bond acceptors (Lipinski definition) is 4. The fourth-order valence-electron chi connectivity index (χ4n) is 5.53. The molecule has 0 radical (unpaired) electrons. The molecule has 6 nitrogen and oxygen atoms in total. The summed E-state index contributed by atoms with van der Waals surface area (Å²) < 4.78 is 0. The summed E-state index contributed by atoms with van der Waals surface area (Å²) in [4.78, 5) is 33.3. The third kappa shape index (κ3) is 5.56. The van der Waals surface area contributed by atoms with E-state index >= 15 is 0 Å². The van der Waals surface area contributed by atoms with Crippen molar-refractivity contribution in [2.45, 2.75) is 78.3 Å². The summed E-state index contributed by atoms with van der Waals surface area (Å²) in [7, 11) is 2.21. The molecule has 2 amide bonds. The summed E-state index contributed by atoms with van der Waals surface area (Å²) in [5.41, 5.74) is 0.435. The molecule has 1 N–H and O–H groups in total. The number of nitrogens with zero attached hydrogens (tertiary/aromatic N) is 3. The quantitative estimate of drug-likeness (QED) is 0.718. The van der Waals surface area contributed by atoms with Crippen molar-refractivity contribution in [2.24, 2.45) is 17.3 Å². The maximum Gasteiger partial charge on any atom is 0.245 e. The number of rotatable bonds is 6. The molecule has 0 bridgehead atoms. The summed E-state index contributed by atoms with van der Waals surface area (Å²) in [6, 6.07) is -0.453. The van der Waals surface area contributed by atoms with Gasteiger partial charge in [-0.3, -0.25) is 9.59 Å². The van der Waals surface area contributed by atoms with Crippen molar-refractivity contribution in [3.8, 4) is 0 Å². The summed E-state index contributed by atoms with van der Waals surface area (Å²) in [5, 5.41) is 3.38. The normalized spacial score (nSPS) is 26.6. The van der Waals surface area contributed by atoms with Gasteiger partial charge in [0.2, 0.25) is 11.8 Å². The highest BCUT2D eigenvalue weighted by molar-refractivity contribution is 5.90. The average Bonchev–Trinajstić information content (AvgIpc) is 2.70. The molecular formula is C24H44N4O2. The zero-order chi connectivity index (χ0) is 21.9. The summed E-state index contributed by atoms with van der Waals surface area (Å²) in [5.74, 6) is 1.15. The largest absolute Gasteiger partial charge is 0.341 e. The number of carbonyl (C=O) groups is 2. The first-order valence-electron chi connectivity index (χ1n) is 12.2. The van der Waals surface area contributed by atoms with Crippen LogP contribution in [0, 0.1) is 17.3 Å². The third-order valence-electron chi connectivity index (χ3n) is 7.57. The van der Waals surface area contributed by atoms with Crippen molar-refractivity contribution in [1.82, 2.24) is 20.0 Å². The van der Waals surface area contributed by atoms with E-state index in [1.165, 1.54) is 25.9 Å². The minimum atomic E-state index is -0.305. The molecule has 0 aromatic rings. The Kier molecular flexibility index (Phi) is 7.83. The van der Waals surface area contributed by atoms with E-state index < -0.39 is 0 Å². The molecule has 3 aliphatic rings. The predicted octanol–water partition coefficient (Wildman–Crippen LogP) is 2.58. The Morgan fingerprint density at radius 1 is 1.00 bits per heavy atom. The van der Waals surface area contributed by atoms with Gasteiger partial charge < -0.3 is 20.0 Å². The second-order valence-electron chi connectivity index (χ2n) is 10.9. The maximum absolute atomic E-state index is 13.6. The monoisotopic (exact) mass is 420 g/mol. The lowest BCUT2D eigenvalue weighted by molar-refractivity contribution is -0.151. The Morgan fingerprint density at radius 2 is 1.60 bits per heavy atom. The van der Waals surface area contributed by atoms with Gasteiger partial charge in [-0.15, -0.1) is 0 Å². The highest BCUT2D eigenvalue weighted by Gasteiger charge is 2.42. The standard InChI is InChI=1S/C24H44N4O2/c1-18(2)16-20-22(29)28(15-10-25-20)21(17-19(3)4)23(30)27-13-8-24(9-14-27)6-11-26(5)12-7-24/h18-21,25H,6-17H2,1-5H3/t20-,21?/m0/s1. The molecule has 6 heteroatoms. The smallest absolute Gasteiger partial charge is 0.245 e. The van der Waals surface area contributed by atoms with Crippen LogP contribution in [-0.4, -0.2) is 84.9 Å². The van der Waals surface area contributed by atoms with Crippen molar-refractivity contribution >= 4 is 11.8 Å². The second-order valence-corrected chi connectivity index (χ2v) is 10.9. The van der Waals surface area contributed by atoms with E-state index in [0.29, 0.717) is 23.8 Å². The van der Waals surface area contributed by atoms with Gasteiger partial charge in [0.15, 0.2) is 0 Å². The maximum atomic E-state index is 13.6. The van der Waals surface area contributed by atoms with Crippen molar-refractivity contribution in [2.75, 3.05) is 46.3 Å². The van der Waals surface area contributed by atoms with Crippen LogP contribution >= 0.6 is 0 Å². The molecule has 30 heavy (non-hydrogen) atoms. The zero-order valence-electron chi connectivity index (χ0n) is 20.0. The van der Waals surface area contributed by atoms with Crippen LogP contribution in [0.25, 0.3) is 0 Å². The predicted molar refractivity (Wildman–Crippen MR) is 121 cm³/mol.